The Hall–Kier alpha value is -2.77. The molecule has 0 saturated carbocycles. The molecule has 28 heavy (non-hydrogen) atoms. The van der Waals surface area contributed by atoms with Crippen LogP contribution in [0.15, 0.2) is 22.9 Å². The summed E-state index contributed by atoms with van der Waals surface area (Å²) in [7, 11) is 0. The van der Waals surface area contributed by atoms with Crippen LogP contribution in [0.2, 0.25) is 0 Å². The number of aryl methyl sites for hydroxylation is 1. The number of likely N-dealkylation sites (tertiary alicyclic amines) is 1. The van der Waals surface area contributed by atoms with E-state index in [0.717, 1.165) is 12.1 Å². The lowest BCUT2D eigenvalue weighted by molar-refractivity contribution is -0.130. The van der Waals surface area contributed by atoms with E-state index in [1.54, 1.807) is 24.1 Å². The van der Waals surface area contributed by atoms with Gasteiger partial charge in [0.15, 0.2) is 5.82 Å². The van der Waals surface area contributed by atoms with E-state index in [0.29, 0.717) is 43.3 Å². The lowest BCUT2D eigenvalue weighted by Gasteiger charge is -2.27. The van der Waals surface area contributed by atoms with E-state index in [1.807, 2.05) is 31.7 Å². The summed E-state index contributed by atoms with van der Waals surface area (Å²) in [6.07, 6.45) is 2.90. The van der Waals surface area contributed by atoms with Crippen molar-refractivity contribution in [3.05, 3.63) is 41.3 Å². The summed E-state index contributed by atoms with van der Waals surface area (Å²) in [5.74, 6) is 1.33. The van der Waals surface area contributed by atoms with Gasteiger partial charge in [0.25, 0.3) is 5.91 Å². The molecule has 0 aliphatic carbocycles. The van der Waals surface area contributed by atoms with Crippen LogP contribution in [0.4, 0.5) is 0 Å². The molecule has 0 bridgehead atoms. The summed E-state index contributed by atoms with van der Waals surface area (Å²) >= 11 is 0. The van der Waals surface area contributed by atoms with Gasteiger partial charge in [0.05, 0.1) is 11.6 Å². The van der Waals surface area contributed by atoms with Gasteiger partial charge in [-0.05, 0) is 25.5 Å². The average molecular weight is 385 g/mol. The molecule has 8 nitrogen and oxygen atoms in total. The van der Waals surface area contributed by atoms with E-state index < -0.39 is 0 Å². The summed E-state index contributed by atoms with van der Waals surface area (Å²) in [5.41, 5.74) is 1.45. The Morgan fingerprint density at radius 2 is 2.14 bits per heavy atom. The molecule has 1 aliphatic rings. The van der Waals surface area contributed by atoms with Crippen molar-refractivity contribution in [2.75, 3.05) is 19.6 Å². The number of carbonyl (C=O) groups is 2. The molecule has 2 aromatic rings. The molecular weight excluding hydrogens is 358 g/mol. The molecule has 1 unspecified atom stereocenters. The normalized spacial score (nSPS) is 16.6. The van der Waals surface area contributed by atoms with Gasteiger partial charge < -0.3 is 14.3 Å². The van der Waals surface area contributed by atoms with Crippen LogP contribution in [0.25, 0.3) is 0 Å². The van der Waals surface area contributed by atoms with Crippen LogP contribution in [0.3, 0.4) is 0 Å². The molecule has 1 saturated heterocycles. The lowest BCUT2D eigenvalue weighted by Crippen LogP contribution is -2.42. The maximum Gasteiger partial charge on any atom is 0.255 e. The van der Waals surface area contributed by atoms with Gasteiger partial charge in [-0.15, -0.1) is 0 Å². The smallest absolute Gasteiger partial charge is 0.255 e. The highest BCUT2D eigenvalue weighted by Gasteiger charge is 2.32. The van der Waals surface area contributed by atoms with Crippen LogP contribution < -0.4 is 0 Å². The minimum Gasteiger partial charge on any atom is -0.339 e. The third kappa shape index (κ3) is 4.55. The Morgan fingerprint density at radius 1 is 1.36 bits per heavy atom. The van der Waals surface area contributed by atoms with E-state index >= 15 is 0 Å². The molecule has 3 heterocycles. The Balaban J connectivity index is 1.60. The summed E-state index contributed by atoms with van der Waals surface area (Å²) in [6.45, 7) is 9.09. The number of rotatable bonds is 6. The van der Waals surface area contributed by atoms with Crippen molar-refractivity contribution in [3.63, 3.8) is 0 Å². The molecule has 1 fully saturated rings. The van der Waals surface area contributed by atoms with Crippen LogP contribution >= 0.6 is 0 Å². The van der Waals surface area contributed by atoms with Gasteiger partial charge in [0, 0.05) is 50.8 Å². The van der Waals surface area contributed by atoms with Crippen molar-refractivity contribution >= 4 is 11.8 Å². The SMILES string of the molecule is CC(=O)N(CCc1noc(C(C)C)n1)C1CCN(C(=O)c2ccc(C)nc2)C1. The number of nitrogens with zero attached hydrogens (tertiary/aromatic N) is 5. The van der Waals surface area contributed by atoms with Crippen molar-refractivity contribution in [2.45, 2.75) is 52.5 Å². The first-order valence-electron chi connectivity index (χ1n) is 9.66. The van der Waals surface area contributed by atoms with Crippen LogP contribution in [-0.2, 0) is 11.2 Å². The standard InChI is InChI=1S/C20H27N5O3/c1-13(2)19-22-18(23-28-19)8-10-25(15(4)26)17-7-9-24(12-17)20(27)16-6-5-14(3)21-11-16/h5-6,11,13,17H,7-10,12H2,1-4H3. The fourth-order valence-corrected chi connectivity index (χ4v) is 3.38. The summed E-state index contributed by atoms with van der Waals surface area (Å²) in [6, 6.07) is 3.62. The second kappa shape index (κ2) is 8.50. The molecule has 0 radical (unpaired) electrons. The van der Waals surface area contributed by atoms with Gasteiger partial charge in [-0.3, -0.25) is 14.6 Å². The minimum atomic E-state index is -0.0433. The molecule has 1 atom stereocenters. The molecule has 2 aromatic heterocycles. The van der Waals surface area contributed by atoms with Crippen LogP contribution in [0, 0.1) is 6.92 Å². The van der Waals surface area contributed by atoms with E-state index in [2.05, 4.69) is 15.1 Å². The summed E-state index contributed by atoms with van der Waals surface area (Å²) < 4.78 is 5.23. The molecule has 150 valence electrons. The first-order chi connectivity index (χ1) is 13.3. The van der Waals surface area contributed by atoms with E-state index in [1.165, 1.54) is 0 Å². The maximum absolute atomic E-state index is 12.7. The van der Waals surface area contributed by atoms with E-state index in [-0.39, 0.29) is 23.8 Å². The fraction of sp³-hybridized carbons (Fsp3) is 0.550. The van der Waals surface area contributed by atoms with Crippen molar-refractivity contribution < 1.29 is 14.1 Å². The predicted octanol–water partition coefficient (Wildman–Crippen LogP) is 2.20. The second-order valence-electron chi connectivity index (χ2n) is 7.55. The molecule has 3 rings (SSSR count). The van der Waals surface area contributed by atoms with Gasteiger partial charge in [-0.1, -0.05) is 19.0 Å². The quantitative estimate of drug-likeness (QED) is 0.757. The van der Waals surface area contributed by atoms with Crippen molar-refractivity contribution in [1.29, 1.82) is 0 Å². The Bertz CT molecular complexity index is 831. The minimum absolute atomic E-state index is 0.00340. The monoisotopic (exact) mass is 385 g/mol. The van der Waals surface area contributed by atoms with Crippen molar-refractivity contribution in [2.24, 2.45) is 0 Å². The van der Waals surface area contributed by atoms with Gasteiger partial charge >= 0.3 is 0 Å². The van der Waals surface area contributed by atoms with Crippen LogP contribution in [0.1, 0.15) is 60.9 Å². The molecular formula is C20H27N5O3. The van der Waals surface area contributed by atoms with E-state index in [9.17, 15) is 9.59 Å². The molecule has 0 aromatic carbocycles. The number of carbonyl (C=O) groups excluding carboxylic acids is 2. The Morgan fingerprint density at radius 3 is 2.75 bits per heavy atom. The van der Waals surface area contributed by atoms with Gasteiger partial charge in [-0.25, -0.2) is 0 Å². The second-order valence-corrected chi connectivity index (χ2v) is 7.55. The number of pyridine rings is 1. The number of aromatic nitrogens is 3. The first kappa shape index (κ1) is 20.0. The number of hydrogen-bond acceptors (Lipinski definition) is 6. The van der Waals surface area contributed by atoms with Gasteiger partial charge in [0.2, 0.25) is 11.8 Å². The molecule has 2 amide bonds. The molecule has 1 aliphatic heterocycles. The van der Waals surface area contributed by atoms with Crippen LogP contribution in [0.5, 0.6) is 0 Å². The largest absolute Gasteiger partial charge is 0.339 e. The number of amides is 2. The van der Waals surface area contributed by atoms with Gasteiger partial charge in [0.1, 0.15) is 0 Å². The van der Waals surface area contributed by atoms with Crippen molar-refractivity contribution in [3.8, 4) is 0 Å². The third-order valence-corrected chi connectivity index (χ3v) is 5.01. The maximum atomic E-state index is 12.7. The topological polar surface area (TPSA) is 92.4 Å². The third-order valence-electron chi connectivity index (χ3n) is 5.01. The van der Waals surface area contributed by atoms with Gasteiger partial charge in [-0.2, -0.15) is 4.98 Å². The number of hydrogen-bond donors (Lipinski definition) is 0. The summed E-state index contributed by atoms with van der Waals surface area (Å²) in [5, 5.41) is 3.99. The highest BCUT2D eigenvalue weighted by atomic mass is 16.5. The first-order valence-corrected chi connectivity index (χ1v) is 9.66. The molecule has 0 spiro atoms. The van der Waals surface area contributed by atoms with Crippen LogP contribution in [-0.4, -0.2) is 62.4 Å². The zero-order valence-electron chi connectivity index (χ0n) is 16.9. The molecule has 0 N–H and O–H groups in total. The average Bonchev–Trinajstić information content (AvgIpc) is 3.32. The predicted molar refractivity (Wildman–Crippen MR) is 103 cm³/mol. The zero-order chi connectivity index (χ0) is 20.3. The lowest BCUT2D eigenvalue weighted by atomic mass is 10.2. The molecule has 8 heteroatoms. The highest BCUT2D eigenvalue weighted by Crippen LogP contribution is 2.19. The summed E-state index contributed by atoms with van der Waals surface area (Å²) in [4.78, 5) is 37.1. The zero-order valence-corrected chi connectivity index (χ0v) is 16.9. The highest BCUT2D eigenvalue weighted by molar-refractivity contribution is 5.94. The Labute approximate surface area is 164 Å². The van der Waals surface area contributed by atoms with E-state index in [4.69, 9.17) is 4.52 Å². The Kier molecular flexibility index (Phi) is 6.06. The van der Waals surface area contributed by atoms with Crippen molar-refractivity contribution in [1.82, 2.24) is 24.9 Å². The fourth-order valence-electron chi connectivity index (χ4n) is 3.38.